The van der Waals surface area contributed by atoms with Gasteiger partial charge >= 0.3 is 5.97 Å². The number of carbonyl (C=O) groups excluding carboxylic acids is 1. The molecule has 1 amide bonds. The summed E-state index contributed by atoms with van der Waals surface area (Å²) in [6.07, 6.45) is 2.47. The maximum Gasteiger partial charge on any atom is 0.329 e. The van der Waals surface area contributed by atoms with Crippen molar-refractivity contribution >= 4 is 35.1 Å². The maximum absolute atomic E-state index is 11.9. The second-order valence-corrected chi connectivity index (χ2v) is 5.82. The van der Waals surface area contributed by atoms with Crippen LogP contribution in [0.2, 0.25) is 10.0 Å². The van der Waals surface area contributed by atoms with E-state index in [0.717, 1.165) is 12.8 Å². The molecule has 0 aromatic heterocycles. The van der Waals surface area contributed by atoms with E-state index in [4.69, 9.17) is 27.9 Å². The number of carboxylic acid groups (broad SMARTS) is 1. The zero-order valence-corrected chi connectivity index (χ0v) is 12.7. The van der Waals surface area contributed by atoms with Crippen molar-refractivity contribution in [2.24, 2.45) is 0 Å². The molecule has 2 rings (SSSR count). The lowest BCUT2D eigenvalue weighted by Crippen LogP contribution is -2.53. The van der Waals surface area contributed by atoms with E-state index in [1.165, 1.54) is 6.07 Å². The van der Waals surface area contributed by atoms with Gasteiger partial charge in [-0.3, -0.25) is 4.79 Å². The van der Waals surface area contributed by atoms with Crippen molar-refractivity contribution < 1.29 is 19.4 Å². The summed E-state index contributed by atoms with van der Waals surface area (Å²) in [5.41, 5.74) is -1.15. The van der Waals surface area contributed by atoms with E-state index in [-0.39, 0.29) is 6.61 Å². The first-order chi connectivity index (χ1) is 9.93. The summed E-state index contributed by atoms with van der Waals surface area (Å²) >= 11 is 11.6. The van der Waals surface area contributed by atoms with E-state index in [1.807, 2.05) is 0 Å². The predicted octanol–water partition coefficient (Wildman–Crippen LogP) is 2.89. The van der Waals surface area contributed by atoms with Crippen LogP contribution in [-0.2, 0) is 9.59 Å². The molecule has 1 aliphatic rings. The van der Waals surface area contributed by atoms with Crippen molar-refractivity contribution in [2.75, 3.05) is 6.61 Å². The highest BCUT2D eigenvalue weighted by molar-refractivity contribution is 6.42. The molecule has 0 unspecified atom stereocenters. The molecule has 0 atom stereocenters. The van der Waals surface area contributed by atoms with Gasteiger partial charge in [0.1, 0.15) is 11.3 Å². The Bertz CT molecular complexity index is 556. The number of ether oxygens (including phenoxy) is 1. The van der Waals surface area contributed by atoms with Crippen LogP contribution in [0.25, 0.3) is 0 Å². The van der Waals surface area contributed by atoms with Crippen LogP contribution in [0.15, 0.2) is 18.2 Å². The fourth-order valence-corrected chi connectivity index (χ4v) is 2.68. The zero-order valence-electron chi connectivity index (χ0n) is 11.2. The fourth-order valence-electron chi connectivity index (χ4n) is 2.39. The highest BCUT2D eigenvalue weighted by Gasteiger charge is 2.42. The van der Waals surface area contributed by atoms with Crippen LogP contribution in [-0.4, -0.2) is 29.1 Å². The Kier molecular flexibility index (Phi) is 4.96. The van der Waals surface area contributed by atoms with Crippen molar-refractivity contribution in [2.45, 2.75) is 31.2 Å². The number of carbonyl (C=O) groups is 2. The topological polar surface area (TPSA) is 75.6 Å². The molecule has 21 heavy (non-hydrogen) atoms. The first-order valence-corrected chi connectivity index (χ1v) is 7.31. The average molecular weight is 332 g/mol. The number of hydrogen-bond donors (Lipinski definition) is 2. The molecule has 0 saturated heterocycles. The number of amides is 1. The van der Waals surface area contributed by atoms with Crippen molar-refractivity contribution in [1.82, 2.24) is 5.32 Å². The van der Waals surface area contributed by atoms with Gasteiger partial charge in [-0.1, -0.05) is 36.0 Å². The third-order valence-corrected chi connectivity index (χ3v) is 4.25. The third-order valence-electron chi connectivity index (χ3n) is 3.51. The Balaban J connectivity index is 1.92. The number of benzene rings is 1. The Morgan fingerprint density at radius 3 is 2.48 bits per heavy atom. The van der Waals surface area contributed by atoms with Crippen LogP contribution in [0.5, 0.6) is 5.75 Å². The number of hydrogen-bond acceptors (Lipinski definition) is 3. The van der Waals surface area contributed by atoms with Gasteiger partial charge in [-0.05, 0) is 25.0 Å². The first-order valence-electron chi connectivity index (χ1n) is 6.55. The molecule has 0 spiro atoms. The van der Waals surface area contributed by atoms with Gasteiger partial charge < -0.3 is 15.2 Å². The molecule has 7 heteroatoms. The Morgan fingerprint density at radius 1 is 1.24 bits per heavy atom. The van der Waals surface area contributed by atoms with Crippen LogP contribution in [0.3, 0.4) is 0 Å². The standard InChI is InChI=1S/C14H15Cl2NO4/c15-10-4-3-9(7-11(10)16)21-8-12(18)17-14(13(19)20)5-1-2-6-14/h3-4,7H,1-2,5-6,8H2,(H,17,18)(H,19,20). The lowest BCUT2D eigenvalue weighted by molar-refractivity contribution is -0.147. The summed E-state index contributed by atoms with van der Waals surface area (Å²) in [5.74, 6) is -1.07. The molecule has 0 bridgehead atoms. The van der Waals surface area contributed by atoms with E-state index < -0.39 is 17.4 Å². The van der Waals surface area contributed by atoms with Crippen molar-refractivity contribution in [3.63, 3.8) is 0 Å². The normalized spacial score (nSPS) is 16.5. The van der Waals surface area contributed by atoms with Crippen LogP contribution >= 0.6 is 23.2 Å². The monoisotopic (exact) mass is 331 g/mol. The molecule has 1 fully saturated rings. The fraction of sp³-hybridized carbons (Fsp3) is 0.429. The van der Waals surface area contributed by atoms with Gasteiger partial charge in [-0.15, -0.1) is 0 Å². The quantitative estimate of drug-likeness (QED) is 0.869. The molecule has 0 aliphatic heterocycles. The van der Waals surface area contributed by atoms with Gasteiger partial charge in [0.15, 0.2) is 6.61 Å². The number of carboxylic acids is 1. The molecule has 0 heterocycles. The second kappa shape index (κ2) is 6.54. The van der Waals surface area contributed by atoms with Crippen LogP contribution in [0.4, 0.5) is 0 Å². The summed E-state index contributed by atoms with van der Waals surface area (Å²) in [7, 11) is 0. The summed E-state index contributed by atoms with van der Waals surface area (Å²) in [4.78, 5) is 23.2. The minimum atomic E-state index is -1.15. The summed E-state index contributed by atoms with van der Waals surface area (Å²) < 4.78 is 5.29. The molecule has 114 valence electrons. The smallest absolute Gasteiger partial charge is 0.329 e. The highest BCUT2D eigenvalue weighted by atomic mass is 35.5. The molecular formula is C14H15Cl2NO4. The summed E-state index contributed by atoms with van der Waals surface area (Å²) in [5, 5.41) is 12.6. The van der Waals surface area contributed by atoms with Gasteiger partial charge in [0.2, 0.25) is 0 Å². The largest absolute Gasteiger partial charge is 0.484 e. The zero-order chi connectivity index (χ0) is 15.5. The number of rotatable bonds is 5. The minimum Gasteiger partial charge on any atom is -0.484 e. The number of aliphatic carboxylic acids is 1. The Hall–Kier alpha value is -1.46. The van der Waals surface area contributed by atoms with Gasteiger partial charge in [0, 0.05) is 6.07 Å². The van der Waals surface area contributed by atoms with Crippen LogP contribution in [0, 0.1) is 0 Å². The lowest BCUT2D eigenvalue weighted by Gasteiger charge is -2.25. The van der Waals surface area contributed by atoms with E-state index >= 15 is 0 Å². The maximum atomic E-state index is 11.9. The first kappa shape index (κ1) is 15.9. The number of nitrogens with one attached hydrogen (secondary N) is 1. The van der Waals surface area contributed by atoms with Gasteiger partial charge in [-0.25, -0.2) is 4.79 Å². The molecule has 5 nitrogen and oxygen atoms in total. The van der Waals surface area contributed by atoms with Crippen molar-refractivity contribution in [3.05, 3.63) is 28.2 Å². The van der Waals surface area contributed by atoms with Crippen LogP contribution < -0.4 is 10.1 Å². The van der Waals surface area contributed by atoms with E-state index in [0.29, 0.717) is 28.6 Å². The van der Waals surface area contributed by atoms with E-state index in [1.54, 1.807) is 12.1 Å². The van der Waals surface area contributed by atoms with Gasteiger partial charge in [-0.2, -0.15) is 0 Å². The molecular weight excluding hydrogens is 317 g/mol. The molecule has 2 N–H and O–H groups in total. The Morgan fingerprint density at radius 2 is 1.90 bits per heavy atom. The summed E-state index contributed by atoms with van der Waals surface area (Å²) in [6, 6.07) is 4.65. The van der Waals surface area contributed by atoms with Gasteiger partial charge in [0.25, 0.3) is 5.91 Å². The average Bonchev–Trinajstić information content (AvgIpc) is 2.90. The molecule has 0 radical (unpaired) electrons. The molecule has 1 saturated carbocycles. The van der Waals surface area contributed by atoms with Gasteiger partial charge in [0.05, 0.1) is 10.0 Å². The highest BCUT2D eigenvalue weighted by Crippen LogP contribution is 2.30. The lowest BCUT2D eigenvalue weighted by atomic mass is 9.98. The van der Waals surface area contributed by atoms with Crippen molar-refractivity contribution in [3.8, 4) is 5.75 Å². The molecule has 1 aromatic carbocycles. The molecule has 1 aromatic rings. The van der Waals surface area contributed by atoms with E-state index in [9.17, 15) is 14.7 Å². The SMILES string of the molecule is O=C(COc1ccc(Cl)c(Cl)c1)NC1(C(=O)O)CCCC1. The number of halogens is 2. The third kappa shape index (κ3) is 3.80. The van der Waals surface area contributed by atoms with E-state index in [2.05, 4.69) is 5.32 Å². The minimum absolute atomic E-state index is 0.271. The summed E-state index contributed by atoms with van der Waals surface area (Å²) in [6.45, 7) is -0.271. The molecule has 1 aliphatic carbocycles. The van der Waals surface area contributed by atoms with Crippen molar-refractivity contribution in [1.29, 1.82) is 0 Å². The second-order valence-electron chi connectivity index (χ2n) is 5.01. The predicted molar refractivity (Wildman–Crippen MR) is 78.9 cm³/mol. The Labute approximate surface area is 132 Å². The van der Waals surface area contributed by atoms with Crippen LogP contribution in [0.1, 0.15) is 25.7 Å².